The molecule has 144 valence electrons. The number of rotatable bonds is 6. The highest BCUT2D eigenvalue weighted by Crippen LogP contribution is 2.23. The molecule has 0 radical (unpaired) electrons. The molecule has 27 heavy (non-hydrogen) atoms. The normalized spacial score (nSPS) is 10.6. The van der Waals surface area contributed by atoms with Crippen LogP contribution in [0.2, 0.25) is 0 Å². The number of ether oxygens (including phenoxy) is 1. The second kappa shape index (κ2) is 8.16. The van der Waals surface area contributed by atoms with Crippen LogP contribution >= 0.6 is 0 Å². The Kier molecular flexibility index (Phi) is 6.15. The number of esters is 1. The Bertz CT molecular complexity index is 884. The van der Waals surface area contributed by atoms with Gasteiger partial charge in [-0.05, 0) is 50.6 Å². The molecular formula is C20H23FN2O4. The Balaban J connectivity index is 2.25. The maximum absolute atomic E-state index is 13.0. The molecule has 1 aromatic carbocycles. The molecule has 1 heterocycles. The van der Waals surface area contributed by atoms with E-state index in [0.29, 0.717) is 28.1 Å². The average Bonchev–Trinajstić information content (AvgIpc) is 2.84. The largest absolute Gasteiger partial charge is 0.461 e. The summed E-state index contributed by atoms with van der Waals surface area (Å²) in [5.74, 6) is -1.60. The number of likely N-dealkylation sites (N-methyl/N-ethyl adjacent to an activating group) is 1. The number of aromatic nitrogens is 1. The van der Waals surface area contributed by atoms with Gasteiger partial charge in [-0.3, -0.25) is 9.59 Å². The summed E-state index contributed by atoms with van der Waals surface area (Å²) in [7, 11) is 3.20. The predicted molar refractivity (Wildman–Crippen MR) is 98.5 cm³/mol. The lowest BCUT2D eigenvalue weighted by Gasteiger charge is -2.16. The van der Waals surface area contributed by atoms with Gasteiger partial charge in [0, 0.05) is 30.9 Å². The minimum absolute atomic E-state index is 0.163. The van der Waals surface area contributed by atoms with Crippen LogP contribution in [0, 0.1) is 19.7 Å². The summed E-state index contributed by atoms with van der Waals surface area (Å²) in [6.07, 6.45) is 0. The van der Waals surface area contributed by atoms with Gasteiger partial charge < -0.3 is 14.2 Å². The minimum Gasteiger partial charge on any atom is -0.461 e. The standard InChI is InChI=1S/C20H23FN2O4/c1-6-27-20(26)18-12(2)17(13(3)23(18)5)16(24)11-22(4)19(25)14-7-9-15(21)10-8-14/h7-10H,6,11H2,1-5H3. The summed E-state index contributed by atoms with van der Waals surface area (Å²) >= 11 is 0. The van der Waals surface area contributed by atoms with Crippen LogP contribution < -0.4 is 0 Å². The summed E-state index contributed by atoms with van der Waals surface area (Å²) in [5.41, 5.74) is 2.18. The van der Waals surface area contributed by atoms with Gasteiger partial charge in [0.1, 0.15) is 11.5 Å². The van der Waals surface area contributed by atoms with Crippen molar-refractivity contribution in [1.29, 1.82) is 0 Å². The zero-order chi connectivity index (χ0) is 20.3. The molecule has 2 aromatic rings. The number of carbonyl (C=O) groups is 3. The second-order valence-electron chi connectivity index (χ2n) is 6.30. The van der Waals surface area contributed by atoms with Gasteiger partial charge >= 0.3 is 5.97 Å². The van der Waals surface area contributed by atoms with E-state index in [4.69, 9.17) is 4.74 Å². The van der Waals surface area contributed by atoms with Gasteiger partial charge in [0.05, 0.1) is 13.2 Å². The fourth-order valence-electron chi connectivity index (χ4n) is 3.06. The number of carbonyl (C=O) groups excluding carboxylic acids is 3. The van der Waals surface area contributed by atoms with E-state index >= 15 is 0 Å². The third-order valence-corrected chi connectivity index (χ3v) is 4.50. The van der Waals surface area contributed by atoms with Crippen LogP contribution in [0.5, 0.6) is 0 Å². The van der Waals surface area contributed by atoms with E-state index in [1.807, 2.05) is 0 Å². The molecule has 0 saturated heterocycles. The van der Waals surface area contributed by atoms with Crippen LogP contribution in [0.15, 0.2) is 24.3 Å². The molecule has 0 aliphatic carbocycles. The highest BCUT2D eigenvalue weighted by atomic mass is 19.1. The third kappa shape index (κ3) is 4.07. The Hall–Kier alpha value is -2.96. The highest BCUT2D eigenvalue weighted by molar-refractivity contribution is 6.05. The molecule has 0 saturated carbocycles. The third-order valence-electron chi connectivity index (χ3n) is 4.50. The van der Waals surface area contributed by atoms with Crippen molar-refractivity contribution in [3.05, 3.63) is 58.2 Å². The molecule has 0 aliphatic heterocycles. The van der Waals surface area contributed by atoms with Crippen LogP contribution in [0.25, 0.3) is 0 Å². The first kappa shape index (κ1) is 20.4. The first-order valence-electron chi connectivity index (χ1n) is 8.56. The number of amides is 1. The van der Waals surface area contributed by atoms with E-state index in [-0.39, 0.29) is 24.8 Å². The summed E-state index contributed by atoms with van der Waals surface area (Å²) in [4.78, 5) is 38.7. The number of Topliss-reactive ketones (excluding diaryl/α,β-unsaturated/α-hetero) is 1. The Morgan fingerprint density at radius 2 is 1.74 bits per heavy atom. The number of benzene rings is 1. The van der Waals surface area contributed by atoms with Gasteiger partial charge in [-0.15, -0.1) is 0 Å². The molecule has 0 spiro atoms. The quantitative estimate of drug-likeness (QED) is 0.576. The van der Waals surface area contributed by atoms with Gasteiger partial charge in [0.25, 0.3) is 5.91 Å². The van der Waals surface area contributed by atoms with Gasteiger partial charge in [-0.25, -0.2) is 9.18 Å². The average molecular weight is 374 g/mol. The maximum Gasteiger partial charge on any atom is 0.355 e. The zero-order valence-corrected chi connectivity index (χ0v) is 16.1. The monoisotopic (exact) mass is 374 g/mol. The lowest BCUT2D eigenvalue weighted by Crippen LogP contribution is -2.32. The molecule has 0 fully saturated rings. The zero-order valence-electron chi connectivity index (χ0n) is 16.1. The van der Waals surface area contributed by atoms with E-state index in [2.05, 4.69) is 0 Å². The fourth-order valence-corrected chi connectivity index (χ4v) is 3.06. The lowest BCUT2D eigenvalue weighted by molar-refractivity contribution is 0.0514. The molecule has 0 aliphatic rings. The van der Waals surface area contributed by atoms with Crippen molar-refractivity contribution in [3.8, 4) is 0 Å². The van der Waals surface area contributed by atoms with Crippen molar-refractivity contribution in [3.63, 3.8) is 0 Å². The molecule has 0 bridgehead atoms. The summed E-state index contributed by atoms with van der Waals surface area (Å²) < 4.78 is 19.7. The molecule has 2 rings (SSSR count). The van der Waals surface area contributed by atoms with E-state index in [9.17, 15) is 18.8 Å². The van der Waals surface area contributed by atoms with Crippen LogP contribution in [0.1, 0.15) is 49.4 Å². The van der Waals surface area contributed by atoms with E-state index in [0.717, 1.165) is 0 Å². The highest BCUT2D eigenvalue weighted by Gasteiger charge is 2.27. The van der Waals surface area contributed by atoms with Crippen LogP contribution in [0.3, 0.4) is 0 Å². The molecule has 0 unspecified atom stereocenters. The number of nitrogens with zero attached hydrogens (tertiary/aromatic N) is 2. The predicted octanol–water partition coefficient (Wildman–Crippen LogP) is 2.91. The molecule has 7 heteroatoms. The molecule has 1 aromatic heterocycles. The number of hydrogen-bond acceptors (Lipinski definition) is 4. The van der Waals surface area contributed by atoms with Crippen LogP contribution in [-0.2, 0) is 11.8 Å². The lowest BCUT2D eigenvalue weighted by atomic mass is 10.0. The Labute approximate surface area is 157 Å². The number of ketones is 1. The molecular weight excluding hydrogens is 351 g/mol. The van der Waals surface area contributed by atoms with Crippen LogP contribution in [0.4, 0.5) is 4.39 Å². The van der Waals surface area contributed by atoms with Crippen molar-refractivity contribution in [2.75, 3.05) is 20.2 Å². The van der Waals surface area contributed by atoms with Gasteiger partial charge in [0.2, 0.25) is 0 Å². The molecule has 6 nitrogen and oxygen atoms in total. The van der Waals surface area contributed by atoms with Crippen molar-refractivity contribution in [1.82, 2.24) is 9.47 Å². The topological polar surface area (TPSA) is 68.6 Å². The van der Waals surface area contributed by atoms with Gasteiger partial charge in [-0.1, -0.05) is 0 Å². The molecule has 1 amide bonds. The Morgan fingerprint density at radius 3 is 2.30 bits per heavy atom. The van der Waals surface area contributed by atoms with Crippen LogP contribution in [-0.4, -0.2) is 47.3 Å². The molecule has 0 atom stereocenters. The maximum atomic E-state index is 13.0. The SMILES string of the molecule is CCOC(=O)c1c(C)c(C(=O)CN(C)C(=O)c2ccc(F)cc2)c(C)n1C. The molecule has 0 N–H and O–H groups in total. The summed E-state index contributed by atoms with van der Waals surface area (Å²) in [6, 6.07) is 5.13. The first-order chi connectivity index (χ1) is 12.7. The van der Waals surface area contributed by atoms with Crippen molar-refractivity contribution in [2.24, 2.45) is 7.05 Å². The fraction of sp³-hybridized carbons (Fsp3) is 0.350. The van der Waals surface area contributed by atoms with Crippen molar-refractivity contribution < 1.29 is 23.5 Å². The number of halogens is 1. The summed E-state index contributed by atoms with van der Waals surface area (Å²) in [6.45, 7) is 5.22. The van der Waals surface area contributed by atoms with Crippen molar-refractivity contribution in [2.45, 2.75) is 20.8 Å². The number of hydrogen-bond donors (Lipinski definition) is 0. The minimum atomic E-state index is -0.490. The van der Waals surface area contributed by atoms with Gasteiger partial charge in [-0.2, -0.15) is 0 Å². The van der Waals surface area contributed by atoms with E-state index < -0.39 is 11.8 Å². The van der Waals surface area contributed by atoms with Crippen molar-refractivity contribution >= 4 is 17.7 Å². The van der Waals surface area contributed by atoms with Gasteiger partial charge in [0.15, 0.2) is 5.78 Å². The van der Waals surface area contributed by atoms with E-state index in [1.54, 1.807) is 32.4 Å². The Morgan fingerprint density at radius 1 is 1.15 bits per heavy atom. The first-order valence-corrected chi connectivity index (χ1v) is 8.56. The smallest absolute Gasteiger partial charge is 0.355 e. The van der Waals surface area contributed by atoms with E-state index in [1.165, 1.54) is 36.2 Å². The second-order valence-corrected chi connectivity index (χ2v) is 6.30. The summed E-state index contributed by atoms with van der Waals surface area (Å²) in [5, 5.41) is 0.